The maximum absolute atomic E-state index is 12.4. The second-order valence-electron chi connectivity index (χ2n) is 6.15. The fraction of sp³-hybridized carbons (Fsp3) is 0.600. The lowest BCUT2D eigenvalue weighted by molar-refractivity contribution is 0.0502. The van der Waals surface area contributed by atoms with Gasteiger partial charge in [0.2, 0.25) is 0 Å². The van der Waals surface area contributed by atoms with E-state index in [9.17, 15) is 9.59 Å². The van der Waals surface area contributed by atoms with Crippen LogP contribution in [0.25, 0.3) is 0 Å². The topological polar surface area (TPSA) is 58.6 Å². The zero-order valence-corrected chi connectivity index (χ0v) is 13.5. The molecule has 1 fully saturated rings. The summed E-state index contributed by atoms with van der Waals surface area (Å²) in [4.78, 5) is 26.7. The molecule has 1 aromatic heterocycles. The summed E-state index contributed by atoms with van der Waals surface area (Å²) in [5, 5.41) is 4.66. The van der Waals surface area contributed by atoms with E-state index in [1.165, 1.54) is 11.3 Å². The SMILES string of the molecule is CC(C)(C)OC(=O)NCC1CCCN1C(=O)c1cccs1. The normalized spacial score (nSPS) is 18.6. The van der Waals surface area contributed by atoms with Crippen molar-refractivity contribution in [1.82, 2.24) is 10.2 Å². The van der Waals surface area contributed by atoms with Crippen molar-refractivity contribution >= 4 is 23.3 Å². The Morgan fingerprint density at radius 2 is 2.24 bits per heavy atom. The van der Waals surface area contributed by atoms with E-state index in [2.05, 4.69) is 5.32 Å². The van der Waals surface area contributed by atoms with E-state index in [-0.39, 0.29) is 11.9 Å². The second-order valence-corrected chi connectivity index (χ2v) is 7.10. The van der Waals surface area contributed by atoms with Crippen LogP contribution in [0.2, 0.25) is 0 Å². The Morgan fingerprint density at radius 1 is 1.48 bits per heavy atom. The first-order valence-corrected chi connectivity index (χ1v) is 8.06. The molecule has 5 nitrogen and oxygen atoms in total. The summed E-state index contributed by atoms with van der Waals surface area (Å²) in [5.41, 5.74) is -0.508. The number of carbonyl (C=O) groups excluding carboxylic acids is 2. The van der Waals surface area contributed by atoms with Crippen LogP contribution in [0.3, 0.4) is 0 Å². The molecule has 116 valence electrons. The molecule has 0 radical (unpaired) electrons. The largest absolute Gasteiger partial charge is 0.444 e. The van der Waals surface area contributed by atoms with Gasteiger partial charge < -0.3 is 15.0 Å². The number of rotatable bonds is 3. The molecule has 0 bridgehead atoms. The molecule has 0 aliphatic carbocycles. The van der Waals surface area contributed by atoms with Crippen LogP contribution in [-0.2, 0) is 4.74 Å². The average Bonchev–Trinajstić information content (AvgIpc) is 3.05. The molecule has 21 heavy (non-hydrogen) atoms. The highest BCUT2D eigenvalue weighted by molar-refractivity contribution is 7.12. The standard InChI is InChI=1S/C15H22N2O3S/c1-15(2,3)20-14(19)16-10-11-6-4-8-17(11)13(18)12-7-5-9-21-12/h5,7,9,11H,4,6,8,10H2,1-3H3,(H,16,19). The molecule has 2 rings (SSSR count). The summed E-state index contributed by atoms with van der Waals surface area (Å²) in [6.07, 6.45) is 1.45. The van der Waals surface area contributed by atoms with Crippen LogP contribution in [0.15, 0.2) is 17.5 Å². The highest BCUT2D eigenvalue weighted by Gasteiger charge is 2.30. The zero-order chi connectivity index (χ0) is 15.5. The van der Waals surface area contributed by atoms with Gasteiger partial charge in [-0.25, -0.2) is 4.79 Å². The van der Waals surface area contributed by atoms with Crippen molar-refractivity contribution in [3.05, 3.63) is 22.4 Å². The number of hydrogen-bond donors (Lipinski definition) is 1. The van der Waals surface area contributed by atoms with Crippen molar-refractivity contribution in [1.29, 1.82) is 0 Å². The molecule has 1 aliphatic rings. The fourth-order valence-electron chi connectivity index (χ4n) is 2.37. The summed E-state index contributed by atoms with van der Waals surface area (Å²) in [7, 11) is 0. The van der Waals surface area contributed by atoms with E-state index >= 15 is 0 Å². The van der Waals surface area contributed by atoms with Gasteiger partial charge >= 0.3 is 6.09 Å². The second kappa shape index (κ2) is 6.47. The summed E-state index contributed by atoms with van der Waals surface area (Å²) in [6.45, 7) is 6.67. The number of hydrogen-bond acceptors (Lipinski definition) is 4. The van der Waals surface area contributed by atoms with Crippen LogP contribution in [0.5, 0.6) is 0 Å². The van der Waals surface area contributed by atoms with Crippen LogP contribution in [0.4, 0.5) is 4.79 Å². The lowest BCUT2D eigenvalue weighted by Crippen LogP contribution is -2.44. The highest BCUT2D eigenvalue weighted by Crippen LogP contribution is 2.21. The molecule has 1 atom stereocenters. The van der Waals surface area contributed by atoms with Gasteiger partial charge in [-0.3, -0.25) is 4.79 Å². The van der Waals surface area contributed by atoms with Crippen molar-refractivity contribution in [2.24, 2.45) is 0 Å². The van der Waals surface area contributed by atoms with Crippen molar-refractivity contribution in [3.8, 4) is 0 Å². The number of nitrogens with one attached hydrogen (secondary N) is 1. The number of likely N-dealkylation sites (tertiary alicyclic amines) is 1. The van der Waals surface area contributed by atoms with Gasteiger partial charge in [0, 0.05) is 19.1 Å². The van der Waals surface area contributed by atoms with Crippen LogP contribution in [0, 0.1) is 0 Å². The van der Waals surface area contributed by atoms with E-state index in [0.29, 0.717) is 6.54 Å². The van der Waals surface area contributed by atoms with Crippen molar-refractivity contribution in [3.63, 3.8) is 0 Å². The van der Waals surface area contributed by atoms with E-state index in [4.69, 9.17) is 4.74 Å². The maximum atomic E-state index is 12.4. The van der Waals surface area contributed by atoms with Crippen molar-refractivity contribution in [2.45, 2.75) is 45.3 Å². The Morgan fingerprint density at radius 3 is 2.86 bits per heavy atom. The third-order valence-electron chi connectivity index (χ3n) is 3.25. The number of ether oxygens (including phenoxy) is 1. The van der Waals surface area contributed by atoms with Crippen LogP contribution >= 0.6 is 11.3 Å². The molecule has 0 saturated carbocycles. The highest BCUT2D eigenvalue weighted by atomic mass is 32.1. The first-order chi connectivity index (χ1) is 9.87. The van der Waals surface area contributed by atoms with Crippen LogP contribution in [0.1, 0.15) is 43.3 Å². The average molecular weight is 310 g/mol. The summed E-state index contributed by atoms with van der Waals surface area (Å²) < 4.78 is 5.21. The third kappa shape index (κ3) is 4.46. The molecular weight excluding hydrogens is 288 g/mol. The monoisotopic (exact) mass is 310 g/mol. The third-order valence-corrected chi connectivity index (χ3v) is 4.11. The zero-order valence-electron chi connectivity index (χ0n) is 12.7. The molecule has 2 heterocycles. The minimum atomic E-state index is -0.508. The summed E-state index contributed by atoms with van der Waals surface area (Å²) >= 11 is 1.45. The van der Waals surface area contributed by atoms with Gasteiger partial charge in [0.1, 0.15) is 5.60 Å². The van der Waals surface area contributed by atoms with Crippen molar-refractivity contribution in [2.75, 3.05) is 13.1 Å². The van der Waals surface area contributed by atoms with Crippen molar-refractivity contribution < 1.29 is 14.3 Å². The molecule has 1 N–H and O–H groups in total. The van der Waals surface area contributed by atoms with Gasteiger partial charge in [-0.15, -0.1) is 11.3 Å². The number of carbonyl (C=O) groups is 2. The molecule has 2 amide bonds. The van der Waals surface area contributed by atoms with Gasteiger partial charge in [-0.05, 0) is 45.1 Å². The Bertz CT molecular complexity index is 494. The Balaban J connectivity index is 1.88. The van der Waals surface area contributed by atoms with Gasteiger partial charge in [-0.2, -0.15) is 0 Å². The lowest BCUT2D eigenvalue weighted by atomic mass is 10.2. The number of amides is 2. The van der Waals surface area contributed by atoms with Gasteiger partial charge in [0.05, 0.1) is 4.88 Å². The van der Waals surface area contributed by atoms with Gasteiger partial charge in [0.25, 0.3) is 5.91 Å². The fourth-order valence-corrected chi connectivity index (χ4v) is 3.05. The molecule has 1 unspecified atom stereocenters. The number of alkyl carbamates (subject to hydrolysis) is 1. The van der Waals surface area contributed by atoms with E-state index < -0.39 is 11.7 Å². The molecule has 1 saturated heterocycles. The summed E-state index contributed by atoms with van der Waals surface area (Å²) in [6, 6.07) is 3.76. The molecule has 1 aliphatic heterocycles. The van der Waals surface area contributed by atoms with E-state index in [1.807, 2.05) is 43.2 Å². The van der Waals surface area contributed by atoms with E-state index in [1.54, 1.807) is 0 Å². The first-order valence-electron chi connectivity index (χ1n) is 7.18. The molecule has 0 spiro atoms. The predicted molar refractivity (Wildman–Crippen MR) is 82.6 cm³/mol. The van der Waals surface area contributed by atoms with Crippen LogP contribution < -0.4 is 5.32 Å². The lowest BCUT2D eigenvalue weighted by Gasteiger charge is -2.25. The van der Waals surface area contributed by atoms with Gasteiger partial charge in [-0.1, -0.05) is 6.07 Å². The summed E-state index contributed by atoms with van der Waals surface area (Å²) in [5.74, 6) is 0.0542. The minimum absolute atomic E-state index is 0.0483. The Kier molecular flexibility index (Phi) is 4.88. The molecular formula is C15H22N2O3S. The maximum Gasteiger partial charge on any atom is 0.407 e. The smallest absolute Gasteiger partial charge is 0.407 e. The molecule has 1 aromatic rings. The Labute approximate surface area is 129 Å². The molecule has 6 heteroatoms. The molecule has 0 aromatic carbocycles. The van der Waals surface area contributed by atoms with Gasteiger partial charge in [0.15, 0.2) is 0 Å². The first kappa shape index (κ1) is 15.8. The Hall–Kier alpha value is -1.56. The van der Waals surface area contributed by atoms with Crippen LogP contribution in [-0.4, -0.2) is 41.6 Å². The number of nitrogens with zero attached hydrogens (tertiary/aromatic N) is 1. The minimum Gasteiger partial charge on any atom is -0.444 e. The predicted octanol–water partition coefficient (Wildman–Crippen LogP) is 2.88. The van der Waals surface area contributed by atoms with E-state index in [0.717, 1.165) is 24.3 Å². The quantitative estimate of drug-likeness (QED) is 0.934. The number of thiophene rings is 1.